The first-order valence-corrected chi connectivity index (χ1v) is 6.20. The number of rotatable bonds is 7. The fourth-order valence-electron chi connectivity index (χ4n) is 1.70. The summed E-state index contributed by atoms with van der Waals surface area (Å²) in [6, 6.07) is 3.74. The Labute approximate surface area is 103 Å². The maximum Gasteiger partial charge on any atom is 0.227 e. The molecule has 0 aliphatic rings. The van der Waals surface area contributed by atoms with E-state index in [0.29, 0.717) is 13.1 Å². The summed E-state index contributed by atoms with van der Waals surface area (Å²) in [6.07, 6.45) is 1.63. The van der Waals surface area contributed by atoms with Crippen LogP contribution in [0.15, 0.2) is 22.8 Å². The lowest BCUT2D eigenvalue weighted by molar-refractivity contribution is -0.135. The summed E-state index contributed by atoms with van der Waals surface area (Å²) in [6.45, 7) is 8.86. The van der Waals surface area contributed by atoms with E-state index in [1.54, 1.807) is 6.26 Å². The molecule has 17 heavy (non-hydrogen) atoms. The molecule has 0 saturated heterocycles. The van der Waals surface area contributed by atoms with E-state index in [4.69, 9.17) is 4.42 Å². The van der Waals surface area contributed by atoms with Gasteiger partial charge in [0.1, 0.15) is 5.76 Å². The lowest BCUT2D eigenvalue weighted by atomic mass is 10.1. The predicted octanol–water partition coefficient (Wildman–Crippen LogP) is 1.87. The largest absolute Gasteiger partial charge is 0.467 e. The van der Waals surface area contributed by atoms with E-state index in [0.717, 1.165) is 18.8 Å². The Balaban J connectivity index is 2.51. The van der Waals surface area contributed by atoms with Gasteiger partial charge in [0.05, 0.1) is 12.8 Å². The summed E-state index contributed by atoms with van der Waals surface area (Å²) in [5, 5.41) is 3.20. The van der Waals surface area contributed by atoms with Gasteiger partial charge in [0.15, 0.2) is 0 Å². The third-order valence-electron chi connectivity index (χ3n) is 2.74. The first-order chi connectivity index (χ1) is 8.19. The van der Waals surface area contributed by atoms with Gasteiger partial charge in [0.25, 0.3) is 0 Å². The van der Waals surface area contributed by atoms with Crippen molar-refractivity contribution in [2.75, 3.05) is 19.6 Å². The number of carbonyl (C=O) groups excluding carboxylic acids is 1. The Morgan fingerprint density at radius 2 is 2.29 bits per heavy atom. The average molecular weight is 238 g/mol. The van der Waals surface area contributed by atoms with Gasteiger partial charge in [0.2, 0.25) is 5.91 Å². The zero-order chi connectivity index (χ0) is 12.7. The number of furan rings is 1. The smallest absolute Gasteiger partial charge is 0.227 e. The minimum absolute atomic E-state index is 0.00450. The van der Waals surface area contributed by atoms with Crippen molar-refractivity contribution < 1.29 is 9.21 Å². The topological polar surface area (TPSA) is 45.5 Å². The molecule has 1 unspecified atom stereocenters. The zero-order valence-corrected chi connectivity index (χ0v) is 10.9. The van der Waals surface area contributed by atoms with Crippen LogP contribution in [0.25, 0.3) is 0 Å². The van der Waals surface area contributed by atoms with Crippen LogP contribution in [0, 0.1) is 5.92 Å². The molecule has 0 aliphatic carbocycles. The standard InChI is InChI=1S/C13H22N2O2/c1-4-14-9-11(3)13(16)15(5-2)10-12-7-6-8-17-12/h6-8,11,14H,4-5,9-10H2,1-3H3. The molecule has 96 valence electrons. The Morgan fingerprint density at radius 1 is 1.53 bits per heavy atom. The van der Waals surface area contributed by atoms with Gasteiger partial charge in [-0.3, -0.25) is 4.79 Å². The molecule has 0 spiro atoms. The third kappa shape index (κ3) is 4.23. The lowest BCUT2D eigenvalue weighted by Crippen LogP contribution is -2.38. The van der Waals surface area contributed by atoms with E-state index in [1.807, 2.05) is 37.8 Å². The second kappa shape index (κ2) is 7.12. The van der Waals surface area contributed by atoms with Gasteiger partial charge in [-0.05, 0) is 25.6 Å². The van der Waals surface area contributed by atoms with Crippen LogP contribution < -0.4 is 5.32 Å². The molecule has 0 radical (unpaired) electrons. The molecule has 1 N–H and O–H groups in total. The maximum absolute atomic E-state index is 12.2. The van der Waals surface area contributed by atoms with E-state index in [2.05, 4.69) is 5.32 Å². The van der Waals surface area contributed by atoms with Crippen LogP contribution in [-0.4, -0.2) is 30.4 Å². The minimum Gasteiger partial charge on any atom is -0.467 e. The first-order valence-electron chi connectivity index (χ1n) is 6.20. The fourth-order valence-corrected chi connectivity index (χ4v) is 1.70. The Hall–Kier alpha value is -1.29. The summed E-state index contributed by atoms with van der Waals surface area (Å²) in [5.41, 5.74) is 0. The maximum atomic E-state index is 12.2. The van der Waals surface area contributed by atoms with Crippen LogP contribution in [0.5, 0.6) is 0 Å². The molecule has 0 bridgehead atoms. The van der Waals surface area contributed by atoms with Crippen molar-refractivity contribution in [1.82, 2.24) is 10.2 Å². The van der Waals surface area contributed by atoms with Gasteiger partial charge in [0, 0.05) is 19.0 Å². The molecule has 1 heterocycles. The van der Waals surface area contributed by atoms with Crippen molar-refractivity contribution in [3.05, 3.63) is 24.2 Å². The summed E-state index contributed by atoms with van der Waals surface area (Å²) in [4.78, 5) is 14.0. The van der Waals surface area contributed by atoms with Crippen molar-refractivity contribution in [1.29, 1.82) is 0 Å². The van der Waals surface area contributed by atoms with Gasteiger partial charge in [-0.2, -0.15) is 0 Å². The molecule has 1 aromatic rings. The highest BCUT2D eigenvalue weighted by Gasteiger charge is 2.19. The Kier molecular flexibility index (Phi) is 5.77. The molecule has 1 aromatic heterocycles. The number of carbonyl (C=O) groups is 1. The SMILES string of the molecule is CCNCC(C)C(=O)N(CC)Cc1ccco1. The van der Waals surface area contributed by atoms with E-state index >= 15 is 0 Å². The second-order valence-corrected chi connectivity index (χ2v) is 4.14. The molecule has 4 heteroatoms. The molecular formula is C13H22N2O2. The summed E-state index contributed by atoms with van der Waals surface area (Å²) < 4.78 is 5.27. The normalized spacial score (nSPS) is 12.4. The van der Waals surface area contributed by atoms with Crippen LogP contribution in [0.4, 0.5) is 0 Å². The molecule has 4 nitrogen and oxygen atoms in total. The quantitative estimate of drug-likeness (QED) is 0.789. The van der Waals surface area contributed by atoms with E-state index in [1.165, 1.54) is 0 Å². The van der Waals surface area contributed by atoms with Crippen molar-refractivity contribution in [2.24, 2.45) is 5.92 Å². The number of hydrogen-bond donors (Lipinski definition) is 1. The Bertz CT molecular complexity index is 322. The summed E-state index contributed by atoms with van der Waals surface area (Å²) >= 11 is 0. The monoisotopic (exact) mass is 238 g/mol. The van der Waals surface area contributed by atoms with Crippen molar-refractivity contribution in [3.8, 4) is 0 Å². The zero-order valence-electron chi connectivity index (χ0n) is 10.9. The number of hydrogen-bond acceptors (Lipinski definition) is 3. The number of nitrogens with zero attached hydrogens (tertiary/aromatic N) is 1. The van der Waals surface area contributed by atoms with E-state index < -0.39 is 0 Å². The molecular weight excluding hydrogens is 216 g/mol. The van der Waals surface area contributed by atoms with E-state index in [9.17, 15) is 4.79 Å². The molecule has 1 atom stereocenters. The number of amides is 1. The van der Waals surface area contributed by atoms with Crippen LogP contribution in [0.1, 0.15) is 26.5 Å². The molecule has 0 saturated carbocycles. The van der Waals surface area contributed by atoms with Crippen LogP contribution in [-0.2, 0) is 11.3 Å². The molecule has 0 aliphatic heterocycles. The highest BCUT2D eigenvalue weighted by molar-refractivity contribution is 5.78. The predicted molar refractivity (Wildman–Crippen MR) is 67.5 cm³/mol. The second-order valence-electron chi connectivity index (χ2n) is 4.14. The molecule has 0 fully saturated rings. The van der Waals surface area contributed by atoms with Crippen LogP contribution in [0.3, 0.4) is 0 Å². The summed E-state index contributed by atoms with van der Waals surface area (Å²) in [7, 11) is 0. The highest BCUT2D eigenvalue weighted by Crippen LogP contribution is 2.09. The van der Waals surface area contributed by atoms with Crippen molar-refractivity contribution >= 4 is 5.91 Å². The molecule has 1 amide bonds. The summed E-state index contributed by atoms with van der Waals surface area (Å²) in [5.74, 6) is 1.01. The highest BCUT2D eigenvalue weighted by atomic mass is 16.3. The molecule has 1 rings (SSSR count). The lowest BCUT2D eigenvalue weighted by Gasteiger charge is -2.23. The minimum atomic E-state index is 0.00450. The van der Waals surface area contributed by atoms with E-state index in [-0.39, 0.29) is 11.8 Å². The Morgan fingerprint density at radius 3 is 2.82 bits per heavy atom. The van der Waals surface area contributed by atoms with Crippen LogP contribution in [0.2, 0.25) is 0 Å². The fraction of sp³-hybridized carbons (Fsp3) is 0.615. The van der Waals surface area contributed by atoms with Gasteiger partial charge >= 0.3 is 0 Å². The average Bonchev–Trinajstić information content (AvgIpc) is 2.84. The van der Waals surface area contributed by atoms with Gasteiger partial charge in [-0.1, -0.05) is 13.8 Å². The van der Waals surface area contributed by atoms with Gasteiger partial charge in [-0.25, -0.2) is 0 Å². The van der Waals surface area contributed by atoms with Gasteiger partial charge < -0.3 is 14.6 Å². The first kappa shape index (κ1) is 13.8. The third-order valence-corrected chi connectivity index (χ3v) is 2.74. The van der Waals surface area contributed by atoms with Gasteiger partial charge in [-0.15, -0.1) is 0 Å². The van der Waals surface area contributed by atoms with Crippen molar-refractivity contribution in [2.45, 2.75) is 27.3 Å². The van der Waals surface area contributed by atoms with Crippen LogP contribution >= 0.6 is 0 Å². The molecule has 0 aromatic carbocycles. The number of nitrogens with one attached hydrogen (secondary N) is 1. The van der Waals surface area contributed by atoms with Crippen molar-refractivity contribution in [3.63, 3.8) is 0 Å².